The van der Waals surface area contributed by atoms with Crippen LogP contribution in [0.25, 0.3) is 0 Å². The lowest BCUT2D eigenvalue weighted by Gasteiger charge is -2.23. The Morgan fingerprint density at radius 1 is 1.55 bits per heavy atom. The zero-order valence-electron chi connectivity index (χ0n) is 12.4. The summed E-state index contributed by atoms with van der Waals surface area (Å²) in [5.41, 5.74) is 1.34. The van der Waals surface area contributed by atoms with E-state index in [-0.39, 0.29) is 5.97 Å². The van der Waals surface area contributed by atoms with E-state index in [4.69, 9.17) is 4.74 Å². The summed E-state index contributed by atoms with van der Waals surface area (Å²) in [5.74, 6) is -0.278. The molecule has 1 N–H and O–H groups in total. The molecule has 1 unspecified atom stereocenters. The van der Waals surface area contributed by atoms with Gasteiger partial charge >= 0.3 is 5.97 Å². The monoisotopic (exact) mass is 297 g/mol. The molecule has 6 heteroatoms. The summed E-state index contributed by atoms with van der Waals surface area (Å²) >= 11 is 1.34. The van der Waals surface area contributed by atoms with E-state index in [2.05, 4.69) is 21.5 Å². The van der Waals surface area contributed by atoms with Gasteiger partial charge in [-0.3, -0.25) is 4.90 Å². The number of anilines is 1. The molecule has 1 aromatic heterocycles. The Balaban J connectivity index is 2.01. The predicted molar refractivity (Wildman–Crippen MR) is 81.6 cm³/mol. The summed E-state index contributed by atoms with van der Waals surface area (Å²) in [4.78, 5) is 14.4. The quantitative estimate of drug-likeness (QED) is 0.818. The molecule has 1 atom stereocenters. The van der Waals surface area contributed by atoms with Crippen LogP contribution in [0.3, 0.4) is 0 Å². The first-order valence-electron chi connectivity index (χ1n) is 7.28. The lowest BCUT2D eigenvalue weighted by Crippen LogP contribution is -2.34. The molecule has 1 aliphatic rings. The number of carbonyl (C=O) groups is 1. The third-order valence-electron chi connectivity index (χ3n) is 3.75. The fourth-order valence-electron chi connectivity index (χ4n) is 2.69. The number of nitrogens with zero attached hydrogens (tertiary/aromatic N) is 2. The van der Waals surface area contributed by atoms with Crippen molar-refractivity contribution < 1.29 is 9.53 Å². The first-order chi connectivity index (χ1) is 9.67. The zero-order valence-corrected chi connectivity index (χ0v) is 13.3. The van der Waals surface area contributed by atoms with Gasteiger partial charge in [-0.05, 0) is 51.3 Å². The Morgan fingerprint density at radius 2 is 2.35 bits per heavy atom. The van der Waals surface area contributed by atoms with Crippen LogP contribution in [0.5, 0.6) is 0 Å². The second-order valence-electron chi connectivity index (χ2n) is 5.00. The Morgan fingerprint density at radius 3 is 3.05 bits per heavy atom. The van der Waals surface area contributed by atoms with E-state index in [1.165, 1.54) is 30.9 Å². The number of hydrogen-bond donors (Lipinski definition) is 1. The molecule has 1 saturated heterocycles. The highest BCUT2D eigenvalue weighted by Gasteiger charge is 2.24. The van der Waals surface area contributed by atoms with Gasteiger partial charge in [-0.15, -0.1) is 0 Å². The average Bonchev–Trinajstić information content (AvgIpc) is 3.02. The van der Waals surface area contributed by atoms with Gasteiger partial charge in [0.05, 0.1) is 12.3 Å². The van der Waals surface area contributed by atoms with Crippen molar-refractivity contribution >= 4 is 22.5 Å². The maximum Gasteiger partial charge on any atom is 0.343 e. The van der Waals surface area contributed by atoms with E-state index >= 15 is 0 Å². The normalized spacial score (nSPS) is 19.2. The van der Waals surface area contributed by atoms with Crippen LogP contribution in [0.15, 0.2) is 0 Å². The maximum absolute atomic E-state index is 12.0. The first kappa shape index (κ1) is 15.3. The van der Waals surface area contributed by atoms with Crippen molar-refractivity contribution in [2.24, 2.45) is 0 Å². The number of likely N-dealkylation sites (tertiary alicyclic amines) is 1. The molecule has 1 aromatic rings. The highest BCUT2D eigenvalue weighted by molar-refractivity contribution is 7.10. The summed E-state index contributed by atoms with van der Waals surface area (Å²) in [5, 5.41) is 4.23. The minimum Gasteiger partial charge on any atom is -0.462 e. The summed E-state index contributed by atoms with van der Waals surface area (Å²) in [6, 6.07) is 0.553. The number of hydrogen-bond acceptors (Lipinski definition) is 6. The van der Waals surface area contributed by atoms with Gasteiger partial charge in [0.2, 0.25) is 0 Å². The molecule has 5 nitrogen and oxygen atoms in total. The molecule has 0 aromatic carbocycles. The third kappa shape index (κ3) is 3.30. The van der Waals surface area contributed by atoms with Gasteiger partial charge in [0.25, 0.3) is 0 Å². The highest BCUT2D eigenvalue weighted by Crippen LogP contribution is 2.26. The van der Waals surface area contributed by atoms with E-state index in [1.54, 1.807) is 0 Å². The number of nitrogens with one attached hydrogen (secondary N) is 1. The van der Waals surface area contributed by atoms with E-state index in [0.717, 1.165) is 23.8 Å². The molecule has 0 spiro atoms. The van der Waals surface area contributed by atoms with E-state index in [1.807, 2.05) is 13.8 Å². The zero-order chi connectivity index (χ0) is 14.5. The van der Waals surface area contributed by atoms with Crippen LogP contribution >= 0.6 is 11.5 Å². The van der Waals surface area contributed by atoms with Crippen LogP contribution in [-0.4, -0.2) is 47.5 Å². The second kappa shape index (κ2) is 7.04. The van der Waals surface area contributed by atoms with Crippen LogP contribution in [0.2, 0.25) is 0 Å². The molecule has 0 radical (unpaired) electrons. The molecule has 0 bridgehead atoms. The summed E-state index contributed by atoms with van der Waals surface area (Å²) in [6.45, 7) is 9.37. The largest absolute Gasteiger partial charge is 0.462 e. The van der Waals surface area contributed by atoms with Crippen molar-refractivity contribution in [1.29, 1.82) is 0 Å². The fourth-order valence-corrected chi connectivity index (χ4v) is 3.48. The standard InChI is InChI=1S/C14H23N3O2S/c1-4-17-8-6-7-11(17)9-15-13-12(10(3)16-20-13)14(18)19-5-2/h11,15H,4-9H2,1-3H3. The molecule has 0 amide bonds. The van der Waals surface area contributed by atoms with Crippen molar-refractivity contribution in [2.75, 3.05) is 31.6 Å². The number of carbonyl (C=O) groups excluding carboxylic acids is 1. The number of ether oxygens (including phenoxy) is 1. The summed E-state index contributed by atoms with van der Waals surface area (Å²) in [7, 11) is 0. The molecule has 1 aliphatic heterocycles. The van der Waals surface area contributed by atoms with E-state index < -0.39 is 0 Å². The Hall–Kier alpha value is -1.14. The number of aromatic nitrogens is 1. The highest BCUT2D eigenvalue weighted by atomic mass is 32.1. The SMILES string of the molecule is CCOC(=O)c1c(C)nsc1NCC1CCCN1CC. The number of rotatable bonds is 6. The molecular formula is C14H23N3O2S. The molecule has 2 rings (SSSR count). The minimum atomic E-state index is -0.278. The lowest BCUT2D eigenvalue weighted by atomic mass is 10.2. The molecule has 112 valence electrons. The smallest absolute Gasteiger partial charge is 0.343 e. The van der Waals surface area contributed by atoms with Crippen LogP contribution in [0.1, 0.15) is 42.7 Å². The van der Waals surface area contributed by atoms with Crippen LogP contribution in [0.4, 0.5) is 5.00 Å². The fraction of sp³-hybridized carbons (Fsp3) is 0.714. The Kier molecular flexibility index (Phi) is 5.37. The van der Waals surface area contributed by atoms with Gasteiger partial charge in [0.1, 0.15) is 10.6 Å². The number of esters is 1. The minimum absolute atomic E-state index is 0.278. The lowest BCUT2D eigenvalue weighted by molar-refractivity contribution is 0.0527. The van der Waals surface area contributed by atoms with Crippen LogP contribution < -0.4 is 5.32 Å². The Bertz CT molecular complexity index is 461. The van der Waals surface area contributed by atoms with Gasteiger partial charge in [-0.2, -0.15) is 4.37 Å². The van der Waals surface area contributed by atoms with Crippen molar-refractivity contribution in [3.05, 3.63) is 11.3 Å². The van der Waals surface area contributed by atoms with Gasteiger partial charge in [-0.1, -0.05) is 6.92 Å². The van der Waals surface area contributed by atoms with Crippen LogP contribution in [-0.2, 0) is 4.74 Å². The van der Waals surface area contributed by atoms with E-state index in [9.17, 15) is 4.79 Å². The summed E-state index contributed by atoms with van der Waals surface area (Å²) < 4.78 is 9.37. The van der Waals surface area contributed by atoms with Crippen molar-refractivity contribution in [3.8, 4) is 0 Å². The average molecular weight is 297 g/mol. The first-order valence-corrected chi connectivity index (χ1v) is 8.06. The second-order valence-corrected chi connectivity index (χ2v) is 5.77. The van der Waals surface area contributed by atoms with Gasteiger partial charge in [0, 0.05) is 12.6 Å². The molecule has 2 heterocycles. The predicted octanol–water partition coefficient (Wildman–Crippen LogP) is 2.52. The van der Waals surface area contributed by atoms with Gasteiger partial charge in [-0.25, -0.2) is 4.79 Å². The molecule has 1 fully saturated rings. The third-order valence-corrected chi connectivity index (χ3v) is 4.64. The van der Waals surface area contributed by atoms with Crippen molar-refractivity contribution in [3.63, 3.8) is 0 Å². The molecule has 20 heavy (non-hydrogen) atoms. The van der Waals surface area contributed by atoms with Crippen molar-refractivity contribution in [1.82, 2.24) is 9.27 Å². The Labute approximate surface area is 124 Å². The van der Waals surface area contributed by atoms with Crippen LogP contribution in [0, 0.1) is 6.92 Å². The topological polar surface area (TPSA) is 54.5 Å². The van der Waals surface area contributed by atoms with Crippen molar-refractivity contribution in [2.45, 2.75) is 39.7 Å². The van der Waals surface area contributed by atoms with Gasteiger partial charge < -0.3 is 10.1 Å². The van der Waals surface area contributed by atoms with E-state index in [0.29, 0.717) is 18.2 Å². The molecule has 0 saturated carbocycles. The number of likely N-dealkylation sites (N-methyl/N-ethyl adjacent to an activating group) is 1. The molecular weight excluding hydrogens is 274 g/mol. The number of aryl methyl sites for hydroxylation is 1. The summed E-state index contributed by atoms with van der Waals surface area (Å²) in [6.07, 6.45) is 2.47. The molecule has 0 aliphatic carbocycles. The van der Waals surface area contributed by atoms with Gasteiger partial charge in [0.15, 0.2) is 0 Å². The maximum atomic E-state index is 12.0.